The number of nitrogens with one attached hydrogen (secondary N) is 2. The van der Waals surface area contributed by atoms with Crippen molar-refractivity contribution < 1.29 is 17.2 Å². The molecule has 1 aliphatic carbocycles. The van der Waals surface area contributed by atoms with Crippen molar-refractivity contribution in [2.45, 2.75) is 29.7 Å². The van der Waals surface area contributed by atoms with Gasteiger partial charge in [0.2, 0.25) is 10.0 Å². The molecule has 3 aromatic rings. The topological polar surface area (TPSA) is 74.8 Å². The number of nitrogens with zero attached hydrogens (tertiary/aromatic N) is 1. The van der Waals surface area contributed by atoms with Crippen LogP contribution in [0.25, 0.3) is 22.4 Å². The van der Waals surface area contributed by atoms with E-state index in [1.807, 2.05) is 30.3 Å². The second kappa shape index (κ2) is 6.54. The molecule has 1 fully saturated rings. The number of halogens is 2. The molecule has 5 nitrogen and oxygen atoms in total. The van der Waals surface area contributed by atoms with E-state index >= 15 is 0 Å². The van der Waals surface area contributed by atoms with Gasteiger partial charge in [-0.25, -0.2) is 21.9 Å². The van der Waals surface area contributed by atoms with Crippen LogP contribution in [0.1, 0.15) is 12.8 Å². The molecule has 0 saturated heterocycles. The molecule has 2 N–H and O–H groups in total. The van der Waals surface area contributed by atoms with Crippen LogP contribution in [0.3, 0.4) is 0 Å². The Labute approximate surface area is 155 Å². The summed E-state index contributed by atoms with van der Waals surface area (Å²) in [6, 6.07) is 15.3. The molecule has 0 aliphatic heterocycles. The molecule has 0 unspecified atom stereocenters. The van der Waals surface area contributed by atoms with Crippen LogP contribution in [0.15, 0.2) is 65.7 Å². The molecule has 0 atom stereocenters. The minimum atomic E-state index is -3.80. The molecule has 27 heavy (non-hydrogen) atoms. The number of aromatic nitrogens is 2. The Hall–Kier alpha value is -2.58. The van der Waals surface area contributed by atoms with Crippen LogP contribution in [0.5, 0.6) is 0 Å². The highest BCUT2D eigenvalue weighted by Crippen LogP contribution is 2.38. The lowest BCUT2D eigenvalue weighted by molar-refractivity contribution is -0.0876. The SMILES string of the molecule is O=S(=O)(NC1CC(F)(F)C1)c1ccc(-c2ccc(-c3ccn[nH]3)cc2)cc1. The van der Waals surface area contributed by atoms with Crippen LogP contribution in [0.4, 0.5) is 8.78 Å². The van der Waals surface area contributed by atoms with Gasteiger partial charge >= 0.3 is 0 Å². The Bertz CT molecular complexity index is 1020. The maximum atomic E-state index is 12.9. The van der Waals surface area contributed by atoms with Crippen molar-refractivity contribution >= 4 is 10.0 Å². The fraction of sp³-hybridized carbons (Fsp3) is 0.211. The number of alkyl halides is 2. The van der Waals surface area contributed by atoms with Gasteiger partial charge in [-0.1, -0.05) is 36.4 Å². The summed E-state index contributed by atoms with van der Waals surface area (Å²) in [4.78, 5) is 0.0653. The van der Waals surface area contributed by atoms with Gasteiger partial charge in [0, 0.05) is 25.1 Å². The first-order valence-electron chi connectivity index (χ1n) is 8.43. The third-order valence-corrected chi connectivity index (χ3v) is 6.14. The quantitative estimate of drug-likeness (QED) is 0.697. The third-order valence-electron chi connectivity index (χ3n) is 4.61. The van der Waals surface area contributed by atoms with Crippen LogP contribution in [0, 0.1) is 0 Å². The number of benzene rings is 2. The van der Waals surface area contributed by atoms with E-state index in [9.17, 15) is 17.2 Å². The van der Waals surface area contributed by atoms with Crippen molar-refractivity contribution in [3.63, 3.8) is 0 Å². The van der Waals surface area contributed by atoms with Crippen molar-refractivity contribution in [2.75, 3.05) is 0 Å². The molecular weight excluding hydrogens is 372 g/mol. The number of rotatable bonds is 5. The number of sulfonamides is 1. The van der Waals surface area contributed by atoms with Crippen LogP contribution in [-0.4, -0.2) is 30.6 Å². The zero-order chi connectivity index (χ0) is 19.1. The first-order chi connectivity index (χ1) is 12.8. The highest BCUT2D eigenvalue weighted by atomic mass is 32.2. The predicted molar refractivity (Wildman–Crippen MR) is 97.8 cm³/mol. The summed E-state index contributed by atoms with van der Waals surface area (Å²) < 4.78 is 52.7. The van der Waals surface area contributed by atoms with Gasteiger partial charge in [-0.05, 0) is 34.9 Å². The van der Waals surface area contributed by atoms with Gasteiger partial charge in [-0.3, -0.25) is 5.10 Å². The minimum Gasteiger partial charge on any atom is -0.278 e. The summed E-state index contributed by atoms with van der Waals surface area (Å²) in [6.07, 6.45) is 0.779. The van der Waals surface area contributed by atoms with Crippen LogP contribution in [0.2, 0.25) is 0 Å². The van der Waals surface area contributed by atoms with E-state index in [-0.39, 0.29) is 4.90 Å². The van der Waals surface area contributed by atoms with E-state index in [1.54, 1.807) is 18.3 Å². The Morgan fingerprint density at radius 1 is 0.926 bits per heavy atom. The first kappa shape index (κ1) is 17.8. The molecular formula is C19H17F2N3O2S. The third kappa shape index (κ3) is 3.77. The maximum Gasteiger partial charge on any atom is 0.251 e. The van der Waals surface area contributed by atoms with E-state index in [4.69, 9.17) is 0 Å². The van der Waals surface area contributed by atoms with E-state index in [0.717, 1.165) is 22.4 Å². The van der Waals surface area contributed by atoms with Gasteiger partial charge in [-0.15, -0.1) is 0 Å². The van der Waals surface area contributed by atoms with Crippen molar-refractivity contribution in [1.82, 2.24) is 14.9 Å². The molecule has 0 radical (unpaired) electrons. The highest BCUT2D eigenvalue weighted by Gasteiger charge is 2.46. The largest absolute Gasteiger partial charge is 0.278 e. The number of hydrogen-bond donors (Lipinski definition) is 2. The van der Waals surface area contributed by atoms with E-state index < -0.39 is 34.8 Å². The Morgan fingerprint density at radius 3 is 2.00 bits per heavy atom. The minimum absolute atomic E-state index is 0.0653. The van der Waals surface area contributed by atoms with Crippen molar-refractivity contribution in [1.29, 1.82) is 0 Å². The predicted octanol–water partition coefficient (Wildman–Crippen LogP) is 3.82. The Balaban J connectivity index is 1.48. The monoisotopic (exact) mass is 389 g/mol. The van der Waals surface area contributed by atoms with Gasteiger partial charge in [0.25, 0.3) is 5.92 Å². The van der Waals surface area contributed by atoms with Crippen molar-refractivity contribution in [2.24, 2.45) is 0 Å². The normalized spacial score (nSPS) is 16.8. The summed E-state index contributed by atoms with van der Waals surface area (Å²) in [5, 5.41) is 6.82. The number of hydrogen-bond acceptors (Lipinski definition) is 3. The molecule has 1 heterocycles. The van der Waals surface area contributed by atoms with Crippen molar-refractivity contribution in [3.8, 4) is 22.4 Å². The molecule has 140 valence electrons. The molecule has 1 saturated carbocycles. The lowest BCUT2D eigenvalue weighted by Gasteiger charge is -2.34. The van der Waals surface area contributed by atoms with E-state index in [0.29, 0.717) is 0 Å². The highest BCUT2D eigenvalue weighted by molar-refractivity contribution is 7.89. The second-order valence-corrected chi connectivity index (χ2v) is 8.37. The molecule has 4 rings (SSSR count). The number of aromatic amines is 1. The van der Waals surface area contributed by atoms with Gasteiger partial charge in [0.1, 0.15) is 0 Å². The summed E-state index contributed by atoms with van der Waals surface area (Å²) in [7, 11) is -3.80. The summed E-state index contributed by atoms with van der Waals surface area (Å²) in [5.74, 6) is -2.76. The molecule has 8 heteroatoms. The zero-order valence-electron chi connectivity index (χ0n) is 14.2. The summed E-state index contributed by atoms with van der Waals surface area (Å²) >= 11 is 0. The fourth-order valence-corrected chi connectivity index (χ4v) is 4.35. The van der Waals surface area contributed by atoms with Crippen LogP contribution in [-0.2, 0) is 10.0 Å². The molecule has 1 aliphatic rings. The average molecular weight is 389 g/mol. The van der Waals surface area contributed by atoms with Gasteiger partial charge < -0.3 is 0 Å². The molecule has 1 aromatic heterocycles. The lowest BCUT2D eigenvalue weighted by atomic mass is 9.89. The van der Waals surface area contributed by atoms with Gasteiger partial charge in [0.15, 0.2) is 0 Å². The smallest absolute Gasteiger partial charge is 0.251 e. The Morgan fingerprint density at radius 2 is 1.48 bits per heavy atom. The Kier molecular flexibility index (Phi) is 4.32. The summed E-state index contributed by atoms with van der Waals surface area (Å²) in [5.41, 5.74) is 3.71. The molecule has 0 spiro atoms. The fourth-order valence-electron chi connectivity index (χ4n) is 3.12. The lowest BCUT2D eigenvalue weighted by Crippen LogP contribution is -2.50. The molecule has 0 bridgehead atoms. The standard InChI is InChI=1S/C19H17F2N3O2S/c20-19(21)11-16(12-19)24-27(25,26)17-7-5-14(6-8-17)13-1-3-15(4-2-13)18-9-10-22-23-18/h1-10,16,24H,11-12H2,(H,22,23). The van der Waals surface area contributed by atoms with Gasteiger partial charge in [0.05, 0.1) is 10.6 Å². The number of H-pyrrole nitrogens is 1. The van der Waals surface area contributed by atoms with Gasteiger partial charge in [-0.2, -0.15) is 5.10 Å². The van der Waals surface area contributed by atoms with E-state index in [2.05, 4.69) is 14.9 Å². The second-order valence-electron chi connectivity index (χ2n) is 6.65. The summed E-state index contributed by atoms with van der Waals surface area (Å²) in [6.45, 7) is 0. The van der Waals surface area contributed by atoms with Crippen molar-refractivity contribution in [3.05, 3.63) is 60.8 Å². The van der Waals surface area contributed by atoms with Crippen LogP contribution >= 0.6 is 0 Å². The zero-order valence-corrected chi connectivity index (χ0v) is 15.0. The first-order valence-corrected chi connectivity index (χ1v) is 9.91. The van der Waals surface area contributed by atoms with Crippen LogP contribution < -0.4 is 4.72 Å². The molecule has 2 aromatic carbocycles. The average Bonchev–Trinajstić information content (AvgIpc) is 3.15. The molecule has 0 amide bonds. The maximum absolute atomic E-state index is 12.9. The van der Waals surface area contributed by atoms with E-state index in [1.165, 1.54) is 12.1 Å².